The molecule has 0 aromatic carbocycles. The fourth-order valence-electron chi connectivity index (χ4n) is 0.823. The first-order valence-corrected chi connectivity index (χ1v) is 6.21. The molecule has 13 heavy (non-hydrogen) atoms. The van der Waals surface area contributed by atoms with Crippen molar-refractivity contribution >= 4 is 18.3 Å². The first-order valence-electron chi connectivity index (χ1n) is 5.11. The molecule has 0 amide bonds. The van der Waals surface area contributed by atoms with Gasteiger partial charge in [-0.1, -0.05) is 0 Å². The van der Waals surface area contributed by atoms with Crippen LogP contribution in [0.2, 0.25) is 0 Å². The van der Waals surface area contributed by atoms with Crippen LogP contribution in [0.15, 0.2) is 12.1 Å². The van der Waals surface area contributed by atoms with Crippen LogP contribution in [0.25, 0.3) is 0 Å². The van der Waals surface area contributed by atoms with Crippen LogP contribution in [0.5, 0.6) is 5.88 Å². The summed E-state index contributed by atoms with van der Waals surface area (Å²) in [6, 6.07) is 2.94. The van der Waals surface area contributed by atoms with Gasteiger partial charge in [0.05, 0.1) is 16.8 Å². The summed E-state index contributed by atoms with van der Waals surface area (Å²) in [5.74, 6) is -0.207. The van der Waals surface area contributed by atoms with Crippen molar-refractivity contribution in [1.29, 1.82) is 0 Å². The lowest BCUT2D eigenvalue weighted by molar-refractivity contribution is 0.401. The summed E-state index contributed by atoms with van der Waals surface area (Å²) in [5.41, 5.74) is 5.91. The number of hydrogen-bond acceptors (Lipinski definition) is 4. The molecule has 0 saturated carbocycles. The summed E-state index contributed by atoms with van der Waals surface area (Å²) in [6.45, 7) is 3.06. The minimum atomic E-state index is -2.62. The molecule has 0 aliphatic rings. The van der Waals surface area contributed by atoms with Gasteiger partial charge in [-0.25, -0.2) is 4.98 Å². The summed E-state index contributed by atoms with van der Waals surface area (Å²) >= 11 is 0. The maximum absolute atomic E-state index is 11.7. The van der Waals surface area contributed by atoms with Gasteiger partial charge in [-0.3, -0.25) is 0 Å². The lowest BCUT2D eigenvalue weighted by atomic mass is 10.4. The van der Waals surface area contributed by atoms with Crippen molar-refractivity contribution in [1.82, 2.24) is 4.98 Å². The van der Waals surface area contributed by atoms with Gasteiger partial charge < -0.3 is 15.0 Å². The van der Waals surface area contributed by atoms with E-state index in [1.54, 1.807) is 0 Å². The molecular formula is C8H13N2O2P. The molecule has 0 saturated heterocycles. The predicted octanol–water partition coefficient (Wildman–Crippen LogP) is 0.920. The second-order valence-corrected chi connectivity index (χ2v) is 6.18. The molecule has 0 fully saturated rings. The quantitative estimate of drug-likeness (QED) is 0.726. The molecule has 0 aliphatic heterocycles. The monoisotopic (exact) mass is 203 g/mol. The number of pyridine rings is 1. The molecule has 0 bridgehead atoms. The van der Waals surface area contributed by atoms with E-state index in [1.807, 2.05) is 0 Å². The molecule has 0 spiro atoms. The number of ether oxygens (including phenoxy) is 1. The molecule has 4 nitrogen and oxygen atoms in total. The normalized spacial score (nSPS) is 15.7. The van der Waals surface area contributed by atoms with Crippen LogP contribution in [-0.2, 0) is 4.57 Å². The molecule has 1 rings (SSSR count). The minimum Gasteiger partial charge on any atom is -0.480 e. The van der Waals surface area contributed by atoms with E-state index in [-0.39, 0.29) is 11.6 Å². The van der Waals surface area contributed by atoms with Crippen molar-refractivity contribution < 1.29 is 13.4 Å². The second-order valence-electron chi connectivity index (χ2n) is 3.02. The number of hydrogen-bond donors (Lipinski definition) is 1. The number of methoxy groups -OCH3 is 1. The number of anilines is 1. The largest absolute Gasteiger partial charge is 0.480 e. The van der Waals surface area contributed by atoms with Gasteiger partial charge in [-0.2, -0.15) is 0 Å². The Kier molecular flexibility index (Phi) is 1.67. The van der Waals surface area contributed by atoms with Crippen molar-refractivity contribution in [2.75, 3.05) is 26.1 Å². The zero-order chi connectivity index (χ0) is 12.6. The molecule has 1 heterocycles. The number of nitrogens with zero attached hydrogens (tertiary/aromatic N) is 1. The summed E-state index contributed by atoms with van der Waals surface area (Å²) in [4.78, 5) is 3.86. The molecule has 5 heteroatoms. The van der Waals surface area contributed by atoms with Crippen LogP contribution in [0.1, 0.15) is 4.11 Å². The van der Waals surface area contributed by atoms with Crippen LogP contribution >= 0.6 is 7.14 Å². The average molecular weight is 203 g/mol. The highest BCUT2D eigenvalue weighted by molar-refractivity contribution is 7.69. The van der Waals surface area contributed by atoms with E-state index in [4.69, 9.17) is 9.85 Å². The van der Waals surface area contributed by atoms with E-state index in [9.17, 15) is 4.57 Å². The molecule has 0 aliphatic carbocycles. The maximum atomic E-state index is 11.7. The molecule has 2 N–H and O–H groups in total. The maximum Gasteiger partial charge on any atom is 0.237 e. The Morgan fingerprint density at radius 2 is 2.31 bits per heavy atom. The Hall–Kier alpha value is -1.02. The van der Waals surface area contributed by atoms with Crippen molar-refractivity contribution in [3.63, 3.8) is 0 Å². The lowest BCUT2D eigenvalue weighted by Gasteiger charge is -2.08. The van der Waals surface area contributed by atoms with Crippen LogP contribution in [0, 0.1) is 0 Å². The van der Waals surface area contributed by atoms with Gasteiger partial charge in [0, 0.05) is 0 Å². The molecule has 1 aromatic rings. The first-order chi connectivity index (χ1) is 7.09. The van der Waals surface area contributed by atoms with E-state index < -0.39 is 14.2 Å². The van der Waals surface area contributed by atoms with E-state index in [0.29, 0.717) is 5.44 Å². The fraction of sp³-hybridized carbons (Fsp3) is 0.375. The van der Waals surface area contributed by atoms with Gasteiger partial charge in [0.2, 0.25) is 5.88 Å². The number of nitrogen functional groups attached to an aromatic ring is 1. The van der Waals surface area contributed by atoms with Crippen LogP contribution in [0.3, 0.4) is 0 Å². The number of rotatable bonds is 2. The summed E-state index contributed by atoms with van der Waals surface area (Å²) in [7, 11) is -5.18. The van der Waals surface area contributed by atoms with Gasteiger partial charge in [0.25, 0.3) is 0 Å². The third-order valence-electron chi connectivity index (χ3n) is 1.52. The topological polar surface area (TPSA) is 65.2 Å². The third kappa shape index (κ3) is 2.22. The van der Waals surface area contributed by atoms with Crippen molar-refractivity contribution in [2.45, 2.75) is 0 Å². The van der Waals surface area contributed by atoms with Gasteiger partial charge >= 0.3 is 0 Å². The summed E-state index contributed by atoms with van der Waals surface area (Å²) in [5, 5.41) is 0. The Bertz CT molecular complexity index is 441. The van der Waals surface area contributed by atoms with Gasteiger partial charge in [-0.05, 0) is 25.5 Å². The third-order valence-corrected chi connectivity index (χ3v) is 2.88. The SMILES string of the molecule is [2H]C([2H])([2H])Oc1nc(P(C)(C)=O)ccc1N. The molecule has 1 aromatic heterocycles. The number of aromatic nitrogens is 1. The molecular weight excluding hydrogens is 187 g/mol. The lowest BCUT2D eigenvalue weighted by Crippen LogP contribution is -2.10. The summed E-state index contributed by atoms with van der Waals surface area (Å²) in [6.07, 6.45) is 0. The Morgan fingerprint density at radius 1 is 1.62 bits per heavy atom. The van der Waals surface area contributed by atoms with Crippen LogP contribution < -0.4 is 15.9 Å². The van der Waals surface area contributed by atoms with Gasteiger partial charge in [-0.15, -0.1) is 0 Å². The Balaban J connectivity index is 3.15. The van der Waals surface area contributed by atoms with Crippen molar-refractivity contribution in [2.24, 2.45) is 0 Å². The van der Waals surface area contributed by atoms with Gasteiger partial charge in [0.1, 0.15) is 12.6 Å². The zero-order valence-electron chi connectivity index (χ0n) is 10.4. The zero-order valence-corrected chi connectivity index (χ0v) is 8.34. The molecule has 72 valence electrons. The highest BCUT2D eigenvalue weighted by Crippen LogP contribution is 2.34. The van der Waals surface area contributed by atoms with E-state index in [1.165, 1.54) is 25.5 Å². The van der Waals surface area contributed by atoms with E-state index >= 15 is 0 Å². The van der Waals surface area contributed by atoms with Crippen LogP contribution in [-0.4, -0.2) is 25.4 Å². The molecule has 0 radical (unpaired) electrons. The van der Waals surface area contributed by atoms with Gasteiger partial charge in [0.15, 0.2) is 0 Å². The molecule has 0 atom stereocenters. The van der Waals surface area contributed by atoms with E-state index in [2.05, 4.69) is 9.72 Å². The van der Waals surface area contributed by atoms with E-state index in [0.717, 1.165) is 0 Å². The summed E-state index contributed by atoms with van der Waals surface area (Å²) < 4.78 is 37.2. The predicted molar refractivity (Wildman–Crippen MR) is 54.3 cm³/mol. The standard InChI is InChI=1S/C8H13N2O2P/c1-12-8-6(9)4-5-7(10-8)13(2,3)11/h4-5H,9H2,1-3H3/i1D3. The highest BCUT2D eigenvalue weighted by Gasteiger charge is 2.14. The first kappa shape index (κ1) is 6.44. The fourth-order valence-corrected chi connectivity index (χ4v) is 1.59. The Labute approximate surface area is 81.7 Å². The minimum absolute atomic E-state index is 0.105. The van der Waals surface area contributed by atoms with Crippen molar-refractivity contribution in [3.05, 3.63) is 12.1 Å². The molecule has 0 unspecified atom stereocenters. The van der Waals surface area contributed by atoms with Crippen LogP contribution in [0.4, 0.5) is 5.69 Å². The number of nitrogens with two attached hydrogens (primary N) is 1. The Morgan fingerprint density at radius 3 is 2.85 bits per heavy atom. The second kappa shape index (κ2) is 3.38. The smallest absolute Gasteiger partial charge is 0.237 e. The average Bonchev–Trinajstić information content (AvgIpc) is 2.04. The van der Waals surface area contributed by atoms with Crippen molar-refractivity contribution in [3.8, 4) is 5.88 Å². The highest BCUT2D eigenvalue weighted by atomic mass is 31.2.